The average Bonchev–Trinajstić information content (AvgIpc) is 2.30. The fourth-order valence-corrected chi connectivity index (χ4v) is 1.94. The highest BCUT2D eigenvalue weighted by atomic mass is 32.2. The molecule has 0 radical (unpaired) electrons. The molecule has 1 aromatic rings. The van der Waals surface area contributed by atoms with Crippen molar-refractivity contribution in [1.29, 1.82) is 0 Å². The first-order valence-corrected chi connectivity index (χ1v) is 6.21. The second kappa shape index (κ2) is 6.42. The maximum Gasteiger partial charge on any atom is 0.297 e. The molecule has 1 rings (SSSR count). The van der Waals surface area contributed by atoms with Crippen LogP contribution in [0.4, 0.5) is 0 Å². The van der Waals surface area contributed by atoms with Gasteiger partial charge in [-0.05, 0) is 12.1 Å². The molecular weight excluding hydrogens is 228 g/mol. The van der Waals surface area contributed by atoms with E-state index in [-0.39, 0.29) is 18.1 Å². The Morgan fingerprint density at radius 2 is 1.88 bits per heavy atom. The van der Waals surface area contributed by atoms with E-state index in [0.29, 0.717) is 6.61 Å². The normalized spacial score (nSPS) is 11.2. The topological polar surface area (TPSA) is 52.6 Å². The van der Waals surface area contributed by atoms with Crippen LogP contribution >= 0.6 is 0 Å². The predicted octanol–water partition coefficient (Wildman–Crippen LogP) is 1.59. The van der Waals surface area contributed by atoms with Crippen LogP contribution in [-0.4, -0.2) is 28.2 Å². The lowest BCUT2D eigenvalue weighted by molar-refractivity contribution is 0.123. The van der Waals surface area contributed by atoms with Crippen molar-refractivity contribution in [3.05, 3.63) is 43.0 Å². The number of hydrogen-bond donors (Lipinski definition) is 0. The molecule has 1 aromatic carbocycles. The van der Waals surface area contributed by atoms with Crippen LogP contribution in [0.2, 0.25) is 0 Å². The molecule has 0 amide bonds. The SMILES string of the molecule is C=CCOCCOS(=O)(=O)c1ccccc1. The number of rotatable bonds is 7. The zero-order valence-corrected chi connectivity index (χ0v) is 9.65. The summed E-state index contributed by atoms with van der Waals surface area (Å²) in [5.74, 6) is 0. The highest BCUT2D eigenvalue weighted by Crippen LogP contribution is 2.10. The van der Waals surface area contributed by atoms with Crippen molar-refractivity contribution in [3.63, 3.8) is 0 Å². The second-order valence-corrected chi connectivity index (χ2v) is 4.57. The molecule has 0 aliphatic rings. The minimum atomic E-state index is -3.65. The second-order valence-electron chi connectivity index (χ2n) is 2.95. The molecule has 0 saturated heterocycles. The maximum atomic E-state index is 11.6. The van der Waals surface area contributed by atoms with Crippen LogP contribution in [0.25, 0.3) is 0 Å². The van der Waals surface area contributed by atoms with Crippen molar-refractivity contribution >= 4 is 10.1 Å². The summed E-state index contributed by atoms with van der Waals surface area (Å²) >= 11 is 0. The van der Waals surface area contributed by atoms with Gasteiger partial charge >= 0.3 is 0 Å². The van der Waals surface area contributed by atoms with Crippen LogP contribution in [0.15, 0.2) is 47.9 Å². The molecule has 88 valence electrons. The maximum absolute atomic E-state index is 11.6. The molecule has 0 fully saturated rings. The third-order valence-corrected chi connectivity index (χ3v) is 3.06. The summed E-state index contributed by atoms with van der Waals surface area (Å²) in [5, 5.41) is 0. The van der Waals surface area contributed by atoms with Gasteiger partial charge in [-0.25, -0.2) is 0 Å². The smallest absolute Gasteiger partial charge is 0.297 e. The lowest BCUT2D eigenvalue weighted by Crippen LogP contribution is -2.11. The zero-order chi connectivity index (χ0) is 11.9. The Hall–Kier alpha value is -1.17. The Balaban J connectivity index is 2.44. The Kier molecular flexibility index (Phi) is 5.18. The first-order valence-electron chi connectivity index (χ1n) is 4.80. The van der Waals surface area contributed by atoms with Crippen LogP contribution in [0, 0.1) is 0 Å². The lowest BCUT2D eigenvalue weighted by Gasteiger charge is -2.05. The number of ether oxygens (including phenoxy) is 1. The molecule has 0 aliphatic heterocycles. The van der Waals surface area contributed by atoms with E-state index in [1.165, 1.54) is 12.1 Å². The van der Waals surface area contributed by atoms with Crippen LogP contribution < -0.4 is 0 Å². The third kappa shape index (κ3) is 4.14. The van der Waals surface area contributed by atoms with Gasteiger partial charge in [-0.3, -0.25) is 4.18 Å². The molecule has 0 saturated carbocycles. The molecule has 0 aliphatic carbocycles. The van der Waals surface area contributed by atoms with E-state index in [1.54, 1.807) is 24.3 Å². The quantitative estimate of drug-likeness (QED) is 0.414. The summed E-state index contributed by atoms with van der Waals surface area (Å²) in [6.45, 7) is 4.08. The van der Waals surface area contributed by atoms with Gasteiger partial charge in [-0.2, -0.15) is 8.42 Å². The molecule has 5 heteroatoms. The molecule has 0 atom stereocenters. The van der Waals surface area contributed by atoms with Gasteiger partial charge < -0.3 is 4.74 Å². The molecule has 0 unspecified atom stereocenters. The van der Waals surface area contributed by atoms with Crippen LogP contribution in [0.3, 0.4) is 0 Å². The van der Waals surface area contributed by atoms with Crippen LogP contribution in [0.5, 0.6) is 0 Å². The number of hydrogen-bond acceptors (Lipinski definition) is 4. The Bertz CT molecular complexity index is 411. The van der Waals surface area contributed by atoms with Gasteiger partial charge in [0.2, 0.25) is 0 Å². The highest BCUT2D eigenvalue weighted by Gasteiger charge is 2.13. The average molecular weight is 242 g/mol. The highest BCUT2D eigenvalue weighted by molar-refractivity contribution is 7.86. The van der Waals surface area contributed by atoms with Gasteiger partial charge in [0.05, 0.1) is 24.7 Å². The Morgan fingerprint density at radius 3 is 2.50 bits per heavy atom. The molecule has 0 heterocycles. The largest absolute Gasteiger partial charge is 0.375 e. The lowest BCUT2D eigenvalue weighted by atomic mass is 10.4. The Labute approximate surface area is 95.6 Å². The third-order valence-electron chi connectivity index (χ3n) is 1.73. The Morgan fingerprint density at radius 1 is 1.19 bits per heavy atom. The van der Waals surface area contributed by atoms with E-state index in [0.717, 1.165) is 0 Å². The predicted molar refractivity (Wildman–Crippen MR) is 60.6 cm³/mol. The van der Waals surface area contributed by atoms with Crippen molar-refractivity contribution in [2.75, 3.05) is 19.8 Å². The minimum Gasteiger partial charge on any atom is -0.375 e. The van der Waals surface area contributed by atoms with E-state index in [1.807, 2.05) is 0 Å². The van der Waals surface area contributed by atoms with Gasteiger partial charge in [0.15, 0.2) is 0 Å². The van der Waals surface area contributed by atoms with Gasteiger partial charge in [0, 0.05) is 0 Å². The molecule has 4 nitrogen and oxygen atoms in total. The van der Waals surface area contributed by atoms with Gasteiger partial charge in [-0.15, -0.1) is 6.58 Å². The fourth-order valence-electron chi connectivity index (χ4n) is 1.02. The minimum absolute atomic E-state index is 0.00503. The van der Waals surface area contributed by atoms with Crippen molar-refractivity contribution in [3.8, 4) is 0 Å². The van der Waals surface area contributed by atoms with Gasteiger partial charge in [0.1, 0.15) is 0 Å². The first-order chi connectivity index (χ1) is 7.67. The summed E-state index contributed by atoms with van der Waals surface area (Å²) in [6, 6.07) is 8.00. The van der Waals surface area contributed by atoms with Crippen molar-refractivity contribution in [1.82, 2.24) is 0 Å². The number of benzene rings is 1. The molecule has 0 N–H and O–H groups in total. The van der Waals surface area contributed by atoms with E-state index in [9.17, 15) is 8.42 Å². The van der Waals surface area contributed by atoms with Crippen molar-refractivity contribution in [2.45, 2.75) is 4.90 Å². The summed E-state index contributed by atoms with van der Waals surface area (Å²) in [6.07, 6.45) is 1.59. The van der Waals surface area contributed by atoms with Gasteiger partial charge in [0.25, 0.3) is 10.1 Å². The van der Waals surface area contributed by atoms with E-state index in [2.05, 4.69) is 6.58 Å². The molecule has 16 heavy (non-hydrogen) atoms. The zero-order valence-electron chi connectivity index (χ0n) is 8.83. The van der Waals surface area contributed by atoms with Crippen LogP contribution in [0.1, 0.15) is 0 Å². The van der Waals surface area contributed by atoms with Gasteiger partial charge in [-0.1, -0.05) is 24.3 Å². The molecule has 0 aromatic heterocycles. The van der Waals surface area contributed by atoms with Crippen molar-refractivity contribution in [2.24, 2.45) is 0 Å². The molecule has 0 spiro atoms. The molecule has 0 bridgehead atoms. The first kappa shape index (κ1) is 12.9. The summed E-state index contributed by atoms with van der Waals surface area (Å²) in [4.78, 5) is 0.152. The molecular formula is C11H14O4S. The van der Waals surface area contributed by atoms with Crippen LogP contribution in [-0.2, 0) is 19.0 Å². The van der Waals surface area contributed by atoms with E-state index >= 15 is 0 Å². The monoisotopic (exact) mass is 242 g/mol. The van der Waals surface area contributed by atoms with Crippen molar-refractivity contribution < 1.29 is 17.3 Å². The van der Waals surface area contributed by atoms with E-state index < -0.39 is 10.1 Å². The fraction of sp³-hybridized carbons (Fsp3) is 0.273. The summed E-state index contributed by atoms with van der Waals surface area (Å²) < 4.78 is 32.9. The standard InChI is InChI=1S/C11H14O4S/c1-2-8-14-9-10-15-16(12,13)11-6-4-3-5-7-11/h2-7H,1,8-10H2. The van der Waals surface area contributed by atoms with E-state index in [4.69, 9.17) is 8.92 Å². The summed E-state index contributed by atoms with van der Waals surface area (Å²) in [5.41, 5.74) is 0. The summed E-state index contributed by atoms with van der Waals surface area (Å²) in [7, 11) is -3.65.